The summed E-state index contributed by atoms with van der Waals surface area (Å²) in [6, 6.07) is 16.9. The summed E-state index contributed by atoms with van der Waals surface area (Å²) in [6.45, 7) is 0.467. The Labute approximate surface area is 109 Å². The van der Waals surface area contributed by atoms with Gasteiger partial charge in [-0.15, -0.1) is 0 Å². The van der Waals surface area contributed by atoms with Crippen molar-refractivity contribution in [3.05, 3.63) is 60.2 Å². The van der Waals surface area contributed by atoms with E-state index in [0.29, 0.717) is 17.2 Å². The second kappa shape index (κ2) is 6.33. The second-order valence-electron chi connectivity index (χ2n) is 3.87. The molecule has 0 spiro atoms. The van der Waals surface area contributed by atoms with E-state index in [9.17, 15) is 4.21 Å². The Balaban J connectivity index is 1.86. The van der Waals surface area contributed by atoms with Crippen molar-refractivity contribution in [1.29, 1.82) is 0 Å². The highest BCUT2D eigenvalue weighted by Gasteiger charge is 2.04. The van der Waals surface area contributed by atoms with Crippen molar-refractivity contribution in [1.82, 2.24) is 0 Å². The molecule has 0 aliphatic heterocycles. The monoisotopic (exact) mass is 261 g/mol. The molecule has 0 heterocycles. The Morgan fingerprint density at radius 1 is 1.06 bits per heavy atom. The van der Waals surface area contributed by atoms with Gasteiger partial charge in [0.15, 0.2) is 0 Å². The summed E-state index contributed by atoms with van der Waals surface area (Å²) >= 11 is 0. The third-order valence-electron chi connectivity index (χ3n) is 2.42. The first-order chi connectivity index (χ1) is 8.75. The number of ether oxygens (including phenoxy) is 1. The Bertz CT molecular complexity index is 528. The van der Waals surface area contributed by atoms with Crippen LogP contribution in [0.3, 0.4) is 0 Å². The standard InChI is InChI=1S/C14H15NO2S/c15-13-7-4-8-14(9-13)18(16)11-17-10-12-5-2-1-3-6-12/h1-9H,10-11,15H2. The normalized spacial score (nSPS) is 12.2. The molecule has 0 aromatic heterocycles. The summed E-state index contributed by atoms with van der Waals surface area (Å²) < 4.78 is 17.4. The van der Waals surface area contributed by atoms with Crippen LogP contribution in [0.15, 0.2) is 59.5 Å². The first-order valence-corrected chi connectivity index (χ1v) is 6.93. The van der Waals surface area contributed by atoms with E-state index < -0.39 is 10.8 Å². The van der Waals surface area contributed by atoms with Crippen molar-refractivity contribution >= 4 is 16.5 Å². The smallest absolute Gasteiger partial charge is 0.127 e. The average molecular weight is 261 g/mol. The third kappa shape index (κ3) is 3.68. The van der Waals surface area contributed by atoms with E-state index in [2.05, 4.69) is 0 Å². The highest BCUT2D eigenvalue weighted by Crippen LogP contribution is 2.12. The van der Waals surface area contributed by atoms with E-state index in [1.54, 1.807) is 24.3 Å². The summed E-state index contributed by atoms with van der Waals surface area (Å²) in [5.74, 6) is 0.179. The lowest BCUT2D eigenvalue weighted by Crippen LogP contribution is -2.03. The summed E-state index contributed by atoms with van der Waals surface area (Å²) in [7, 11) is -1.17. The van der Waals surface area contributed by atoms with Crippen LogP contribution in [0, 0.1) is 0 Å². The first kappa shape index (κ1) is 12.8. The fourth-order valence-corrected chi connectivity index (χ4v) is 2.40. The summed E-state index contributed by atoms with van der Waals surface area (Å²) in [4.78, 5) is 0.697. The molecule has 0 aliphatic carbocycles. The number of anilines is 1. The summed E-state index contributed by atoms with van der Waals surface area (Å²) in [5.41, 5.74) is 7.33. The van der Waals surface area contributed by atoms with Crippen molar-refractivity contribution in [2.24, 2.45) is 0 Å². The number of benzene rings is 2. The molecule has 1 unspecified atom stereocenters. The average Bonchev–Trinajstić information content (AvgIpc) is 2.40. The lowest BCUT2D eigenvalue weighted by Gasteiger charge is -2.05. The molecular weight excluding hydrogens is 246 g/mol. The van der Waals surface area contributed by atoms with Gasteiger partial charge in [0.1, 0.15) is 5.94 Å². The minimum atomic E-state index is -1.17. The third-order valence-corrected chi connectivity index (χ3v) is 3.58. The first-order valence-electron chi connectivity index (χ1n) is 5.61. The molecule has 0 saturated carbocycles. The minimum absolute atomic E-state index is 0.179. The van der Waals surface area contributed by atoms with Crippen LogP contribution in [0.25, 0.3) is 0 Å². The molecule has 0 radical (unpaired) electrons. The maximum atomic E-state index is 11.9. The van der Waals surface area contributed by atoms with Crippen LogP contribution < -0.4 is 5.73 Å². The number of hydrogen-bond donors (Lipinski definition) is 1. The van der Waals surface area contributed by atoms with E-state index >= 15 is 0 Å². The Kier molecular flexibility index (Phi) is 4.50. The lowest BCUT2D eigenvalue weighted by molar-refractivity contribution is 0.166. The van der Waals surface area contributed by atoms with Crippen LogP contribution in [-0.4, -0.2) is 10.1 Å². The van der Waals surface area contributed by atoms with Crippen LogP contribution in [0.1, 0.15) is 5.56 Å². The van der Waals surface area contributed by atoms with Crippen molar-refractivity contribution in [3.8, 4) is 0 Å². The molecule has 94 valence electrons. The highest BCUT2D eigenvalue weighted by molar-refractivity contribution is 7.84. The molecule has 0 fully saturated rings. The zero-order chi connectivity index (χ0) is 12.8. The molecule has 3 nitrogen and oxygen atoms in total. The fourth-order valence-electron chi connectivity index (χ4n) is 1.53. The van der Waals surface area contributed by atoms with Gasteiger partial charge in [-0.2, -0.15) is 0 Å². The van der Waals surface area contributed by atoms with Gasteiger partial charge >= 0.3 is 0 Å². The molecule has 2 rings (SSSR count). The Morgan fingerprint density at radius 3 is 2.56 bits per heavy atom. The van der Waals surface area contributed by atoms with Gasteiger partial charge in [-0.05, 0) is 23.8 Å². The number of nitrogen functional groups attached to an aromatic ring is 1. The molecule has 4 heteroatoms. The van der Waals surface area contributed by atoms with Crippen LogP contribution in [0.4, 0.5) is 5.69 Å². The number of rotatable bonds is 5. The predicted molar refractivity (Wildman–Crippen MR) is 73.4 cm³/mol. The lowest BCUT2D eigenvalue weighted by atomic mass is 10.2. The van der Waals surface area contributed by atoms with E-state index in [1.807, 2.05) is 30.3 Å². The van der Waals surface area contributed by atoms with Gasteiger partial charge in [-0.25, -0.2) is 0 Å². The Hall–Kier alpha value is -1.65. The van der Waals surface area contributed by atoms with Crippen LogP contribution >= 0.6 is 0 Å². The van der Waals surface area contributed by atoms with E-state index in [4.69, 9.17) is 10.5 Å². The van der Waals surface area contributed by atoms with Gasteiger partial charge in [0.2, 0.25) is 0 Å². The van der Waals surface area contributed by atoms with Crippen molar-refractivity contribution in [2.75, 3.05) is 11.7 Å². The number of nitrogens with two attached hydrogens (primary N) is 1. The maximum Gasteiger partial charge on any atom is 0.127 e. The molecule has 0 saturated heterocycles. The molecule has 2 N–H and O–H groups in total. The molecule has 2 aromatic rings. The van der Waals surface area contributed by atoms with Crippen molar-refractivity contribution in [3.63, 3.8) is 0 Å². The quantitative estimate of drug-likeness (QED) is 0.842. The second-order valence-corrected chi connectivity index (χ2v) is 5.27. The van der Waals surface area contributed by atoms with Crippen LogP contribution in [0.2, 0.25) is 0 Å². The van der Waals surface area contributed by atoms with Gasteiger partial charge in [0, 0.05) is 10.6 Å². The topological polar surface area (TPSA) is 52.3 Å². The van der Waals surface area contributed by atoms with Gasteiger partial charge < -0.3 is 10.5 Å². The van der Waals surface area contributed by atoms with Gasteiger partial charge in [0.25, 0.3) is 0 Å². The highest BCUT2D eigenvalue weighted by atomic mass is 32.2. The summed E-state index contributed by atoms with van der Waals surface area (Å²) in [5, 5.41) is 0. The van der Waals surface area contributed by atoms with Crippen LogP contribution in [-0.2, 0) is 22.1 Å². The molecule has 2 aromatic carbocycles. The molecule has 0 aliphatic rings. The molecular formula is C14H15NO2S. The van der Waals surface area contributed by atoms with Crippen molar-refractivity contribution < 1.29 is 8.95 Å². The van der Waals surface area contributed by atoms with E-state index in [1.165, 1.54) is 0 Å². The SMILES string of the molecule is Nc1cccc(S(=O)COCc2ccccc2)c1. The van der Waals surface area contributed by atoms with Gasteiger partial charge in [-0.3, -0.25) is 4.21 Å². The summed E-state index contributed by atoms with van der Waals surface area (Å²) in [6.07, 6.45) is 0. The molecule has 1 atom stereocenters. The van der Waals surface area contributed by atoms with E-state index in [-0.39, 0.29) is 5.94 Å². The van der Waals surface area contributed by atoms with Gasteiger partial charge in [0.05, 0.1) is 17.4 Å². The zero-order valence-electron chi connectivity index (χ0n) is 9.91. The van der Waals surface area contributed by atoms with Gasteiger partial charge in [-0.1, -0.05) is 36.4 Å². The zero-order valence-corrected chi connectivity index (χ0v) is 10.7. The van der Waals surface area contributed by atoms with Crippen LogP contribution in [0.5, 0.6) is 0 Å². The largest absolute Gasteiger partial charge is 0.399 e. The number of hydrogen-bond acceptors (Lipinski definition) is 3. The molecule has 0 bridgehead atoms. The van der Waals surface area contributed by atoms with Crippen molar-refractivity contribution in [2.45, 2.75) is 11.5 Å². The maximum absolute atomic E-state index is 11.9. The Morgan fingerprint density at radius 2 is 1.83 bits per heavy atom. The fraction of sp³-hybridized carbons (Fsp3) is 0.143. The predicted octanol–water partition coefficient (Wildman–Crippen LogP) is 2.55. The minimum Gasteiger partial charge on any atom is -0.399 e. The van der Waals surface area contributed by atoms with E-state index in [0.717, 1.165) is 5.56 Å². The molecule has 18 heavy (non-hydrogen) atoms. The molecule has 0 amide bonds.